The minimum Gasteiger partial charge on any atom is -0.479 e. The number of carboxylic acids is 1. The van der Waals surface area contributed by atoms with E-state index in [9.17, 15) is 25.2 Å². The molecule has 2 aliphatic carbocycles. The van der Waals surface area contributed by atoms with Crippen LogP contribution < -0.4 is 4.74 Å². The molecule has 0 amide bonds. The molecule has 0 spiro atoms. The van der Waals surface area contributed by atoms with E-state index >= 15 is 0 Å². The van der Waals surface area contributed by atoms with E-state index in [1.54, 1.807) is 0 Å². The molecule has 170 valence electrons. The summed E-state index contributed by atoms with van der Waals surface area (Å²) in [6.45, 7) is 1.07. The van der Waals surface area contributed by atoms with E-state index < -0.39 is 36.7 Å². The summed E-state index contributed by atoms with van der Waals surface area (Å²) in [5, 5.41) is 39.5. The number of aliphatic hydroxyl groups is 3. The average Bonchev–Trinajstić information content (AvgIpc) is 2.76. The number of hydrogen-bond acceptors (Lipinski definition) is 7. The second-order valence-corrected chi connectivity index (χ2v) is 9.68. The van der Waals surface area contributed by atoms with Crippen LogP contribution in [-0.2, 0) is 21.4 Å². The third-order valence-corrected chi connectivity index (χ3v) is 8.15. The molecule has 31 heavy (non-hydrogen) atoms. The first kappa shape index (κ1) is 21.2. The number of piperidine rings is 1. The van der Waals surface area contributed by atoms with Gasteiger partial charge in [0.2, 0.25) is 6.29 Å². The zero-order valence-corrected chi connectivity index (χ0v) is 17.7. The maximum atomic E-state index is 11.4. The van der Waals surface area contributed by atoms with Gasteiger partial charge in [-0.25, -0.2) is 4.79 Å². The van der Waals surface area contributed by atoms with Crippen LogP contribution in [0.5, 0.6) is 5.75 Å². The van der Waals surface area contributed by atoms with Crippen LogP contribution in [0, 0.1) is 5.92 Å². The van der Waals surface area contributed by atoms with Crippen LogP contribution in [0.25, 0.3) is 0 Å². The molecule has 2 saturated heterocycles. The molecule has 8 atom stereocenters. The van der Waals surface area contributed by atoms with Crippen LogP contribution in [0.4, 0.5) is 0 Å². The molecule has 1 aromatic carbocycles. The summed E-state index contributed by atoms with van der Waals surface area (Å²) in [6, 6.07) is 6.47. The lowest BCUT2D eigenvalue weighted by molar-refractivity contribution is -0.271. The van der Waals surface area contributed by atoms with Gasteiger partial charge in [0.25, 0.3) is 0 Å². The lowest BCUT2D eigenvalue weighted by atomic mass is 9.52. The number of hydrogen-bond donors (Lipinski definition) is 4. The SMILES string of the molecule is CN1CCC23CCCCC2C1Cc1ccc(OC2OC(C(=O)O)C(O)C(O)C2O)cc13. The molecule has 3 fully saturated rings. The van der Waals surface area contributed by atoms with Crippen molar-refractivity contribution in [2.24, 2.45) is 5.92 Å². The van der Waals surface area contributed by atoms with Gasteiger partial charge in [0.1, 0.15) is 24.1 Å². The topological polar surface area (TPSA) is 120 Å². The van der Waals surface area contributed by atoms with Gasteiger partial charge in [-0.2, -0.15) is 0 Å². The Morgan fingerprint density at radius 3 is 2.74 bits per heavy atom. The molecule has 2 heterocycles. The summed E-state index contributed by atoms with van der Waals surface area (Å²) in [5.41, 5.74) is 2.76. The Labute approximate surface area is 181 Å². The fourth-order valence-electron chi connectivity index (χ4n) is 6.53. The maximum absolute atomic E-state index is 11.4. The number of aliphatic carboxylic acids is 1. The number of aliphatic hydroxyl groups excluding tert-OH is 3. The van der Waals surface area contributed by atoms with E-state index in [0.717, 1.165) is 25.8 Å². The van der Waals surface area contributed by atoms with Crippen LogP contribution in [0.15, 0.2) is 18.2 Å². The van der Waals surface area contributed by atoms with Crippen LogP contribution in [0.1, 0.15) is 43.2 Å². The van der Waals surface area contributed by atoms with Crippen LogP contribution >= 0.6 is 0 Å². The first-order valence-electron chi connectivity index (χ1n) is 11.2. The Kier molecular flexibility index (Phi) is 5.26. The quantitative estimate of drug-likeness (QED) is 0.549. The molecule has 2 aliphatic heterocycles. The number of benzene rings is 1. The molecule has 2 bridgehead atoms. The second kappa shape index (κ2) is 7.71. The van der Waals surface area contributed by atoms with Gasteiger partial charge in [0, 0.05) is 11.5 Å². The highest BCUT2D eigenvalue weighted by molar-refractivity contribution is 5.73. The predicted molar refractivity (Wildman–Crippen MR) is 110 cm³/mol. The number of rotatable bonds is 3. The average molecular weight is 434 g/mol. The van der Waals surface area contributed by atoms with E-state index in [-0.39, 0.29) is 5.41 Å². The van der Waals surface area contributed by atoms with E-state index in [1.807, 2.05) is 12.1 Å². The predicted octanol–water partition coefficient (Wildman–Crippen LogP) is 0.646. The van der Waals surface area contributed by atoms with E-state index in [2.05, 4.69) is 18.0 Å². The summed E-state index contributed by atoms with van der Waals surface area (Å²) in [4.78, 5) is 13.9. The van der Waals surface area contributed by atoms with Crippen LogP contribution in [0.2, 0.25) is 0 Å². The summed E-state index contributed by atoms with van der Waals surface area (Å²) in [7, 11) is 2.23. The van der Waals surface area contributed by atoms with Crippen molar-refractivity contribution in [3.8, 4) is 5.75 Å². The van der Waals surface area contributed by atoms with Gasteiger partial charge in [-0.05, 0) is 68.5 Å². The summed E-state index contributed by atoms with van der Waals surface area (Å²) in [5.74, 6) is -0.321. The lowest BCUT2D eigenvalue weighted by Crippen LogP contribution is -2.61. The molecular formula is C23H31NO7. The summed E-state index contributed by atoms with van der Waals surface area (Å²) < 4.78 is 11.2. The van der Waals surface area contributed by atoms with Crippen molar-refractivity contribution in [3.05, 3.63) is 29.3 Å². The fourth-order valence-corrected chi connectivity index (χ4v) is 6.53. The second-order valence-electron chi connectivity index (χ2n) is 9.68. The van der Waals surface area contributed by atoms with Gasteiger partial charge in [0.15, 0.2) is 6.10 Å². The van der Waals surface area contributed by atoms with Crippen molar-refractivity contribution in [2.45, 2.75) is 80.7 Å². The van der Waals surface area contributed by atoms with Crippen molar-refractivity contribution in [3.63, 3.8) is 0 Å². The smallest absolute Gasteiger partial charge is 0.335 e. The number of carboxylic acid groups (broad SMARTS) is 1. The molecule has 1 saturated carbocycles. The molecule has 4 N–H and O–H groups in total. The Hall–Kier alpha value is -1.71. The minimum absolute atomic E-state index is 0.133. The molecule has 8 nitrogen and oxygen atoms in total. The van der Waals surface area contributed by atoms with Crippen molar-refractivity contribution in [1.29, 1.82) is 0 Å². The summed E-state index contributed by atoms with van der Waals surface area (Å²) >= 11 is 0. The normalized spacial score (nSPS) is 42.4. The number of nitrogens with zero attached hydrogens (tertiary/aromatic N) is 1. The zero-order chi connectivity index (χ0) is 21.9. The van der Waals surface area contributed by atoms with Crippen LogP contribution in [-0.4, -0.2) is 81.6 Å². The van der Waals surface area contributed by atoms with Gasteiger partial charge in [-0.3, -0.25) is 0 Å². The molecule has 8 unspecified atom stereocenters. The fraction of sp³-hybridized carbons (Fsp3) is 0.696. The van der Waals surface area contributed by atoms with E-state index in [1.165, 1.54) is 30.4 Å². The zero-order valence-electron chi connectivity index (χ0n) is 17.7. The molecule has 1 aromatic rings. The third-order valence-electron chi connectivity index (χ3n) is 8.15. The van der Waals surface area contributed by atoms with Crippen LogP contribution in [0.3, 0.4) is 0 Å². The number of ether oxygens (including phenoxy) is 2. The first-order chi connectivity index (χ1) is 14.8. The largest absolute Gasteiger partial charge is 0.479 e. The standard InChI is InChI=1S/C23H31NO7/c1-24-9-8-23-7-3-2-4-14(23)16(24)10-12-5-6-13(11-15(12)23)30-22-19(27)17(25)18(26)20(31-22)21(28)29/h5-6,11,14,16-20,22,25-27H,2-4,7-10H2,1H3,(H,28,29). The van der Waals surface area contributed by atoms with Crippen molar-refractivity contribution < 1.29 is 34.7 Å². The number of likely N-dealkylation sites (tertiary alicyclic amines) is 1. The highest BCUT2D eigenvalue weighted by Crippen LogP contribution is 2.56. The number of fused-ring (bicyclic) bond motifs is 1. The van der Waals surface area contributed by atoms with E-state index in [0.29, 0.717) is 17.7 Å². The Balaban J connectivity index is 1.45. The Morgan fingerprint density at radius 1 is 1.16 bits per heavy atom. The Morgan fingerprint density at radius 2 is 1.97 bits per heavy atom. The van der Waals surface area contributed by atoms with Gasteiger partial charge in [-0.1, -0.05) is 18.9 Å². The van der Waals surface area contributed by atoms with Crippen molar-refractivity contribution in [2.75, 3.05) is 13.6 Å². The van der Waals surface area contributed by atoms with Gasteiger partial charge in [0.05, 0.1) is 0 Å². The van der Waals surface area contributed by atoms with Crippen molar-refractivity contribution in [1.82, 2.24) is 4.90 Å². The molecule has 5 rings (SSSR count). The monoisotopic (exact) mass is 433 g/mol. The minimum atomic E-state index is -1.73. The summed E-state index contributed by atoms with van der Waals surface area (Å²) in [6.07, 6.45) is -1.03. The van der Waals surface area contributed by atoms with E-state index in [4.69, 9.17) is 9.47 Å². The highest BCUT2D eigenvalue weighted by atomic mass is 16.7. The molecule has 0 radical (unpaired) electrons. The molecule has 8 heteroatoms. The van der Waals surface area contributed by atoms with Gasteiger partial charge >= 0.3 is 5.97 Å². The lowest BCUT2D eigenvalue weighted by Gasteiger charge is -2.58. The molecule has 0 aromatic heterocycles. The molecular weight excluding hydrogens is 402 g/mol. The Bertz CT molecular complexity index is 862. The number of carbonyl (C=O) groups is 1. The number of likely N-dealkylation sites (N-methyl/N-ethyl adjacent to an activating group) is 1. The molecule has 4 aliphatic rings. The third kappa shape index (κ3) is 3.27. The van der Waals surface area contributed by atoms with Gasteiger partial charge in [-0.15, -0.1) is 0 Å². The maximum Gasteiger partial charge on any atom is 0.335 e. The van der Waals surface area contributed by atoms with Crippen molar-refractivity contribution >= 4 is 5.97 Å². The van der Waals surface area contributed by atoms with Gasteiger partial charge < -0.3 is 34.8 Å². The highest BCUT2D eigenvalue weighted by Gasteiger charge is 2.53. The first-order valence-corrected chi connectivity index (χ1v) is 11.2.